The van der Waals surface area contributed by atoms with Crippen LogP contribution in [0.15, 0.2) is 16.9 Å². The lowest BCUT2D eigenvalue weighted by Gasteiger charge is -2.12. The molecule has 0 N–H and O–H groups in total. The van der Waals surface area contributed by atoms with E-state index in [1.807, 2.05) is 0 Å². The molecule has 1 aromatic rings. The molecule has 1 amide bonds. The van der Waals surface area contributed by atoms with Gasteiger partial charge in [-0.25, -0.2) is 0 Å². The van der Waals surface area contributed by atoms with Gasteiger partial charge in [-0.2, -0.15) is 0 Å². The summed E-state index contributed by atoms with van der Waals surface area (Å²) < 4.78 is 4.61. The molecule has 0 saturated heterocycles. The van der Waals surface area contributed by atoms with Gasteiger partial charge in [-0.1, -0.05) is 5.16 Å². The van der Waals surface area contributed by atoms with Crippen LogP contribution in [0.3, 0.4) is 0 Å². The van der Waals surface area contributed by atoms with Crippen molar-refractivity contribution in [3.05, 3.63) is 18.0 Å². The summed E-state index contributed by atoms with van der Waals surface area (Å²) in [6, 6.07) is 1.71. The molecular formula is C7H9ClN2O2. The van der Waals surface area contributed by atoms with E-state index in [4.69, 9.17) is 11.6 Å². The van der Waals surface area contributed by atoms with Gasteiger partial charge in [-0.3, -0.25) is 4.79 Å². The Morgan fingerprint density at radius 2 is 2.58 bits per heavy atom. The third-order valence-electron chi connectivity index (χ3n) is 1.43. The Kier molecular flexibility index (Phi) is 3.10. The van der Waals surface area contributed by atoms with Crippen LogP contribution in [0.1, 0.15) is 5.69 Å². The highest BCUT2D eigenvalue weighted by molar-refractivity contribution is 6.27. The quantitative estimate of drug-likeness (QED) is 0.662. The Morgan fingerprint density at radius 1 is 1.83 bits per heavy atom. The maximum Gasteiger partial charge on any atom is 0.237 e. The van der Waals surface area contributed by atoms with Crippen LogP contribution in [-0.2, 0) is 11.3 Å². The number of hydrogen-bond acceptors (Lipinski definition) is 3. The van der Waals surface area contributed by atoms with Crippen LogP contribution in [0.4, 0.5) is 0 Å². The molecule has 5 heteroatoms. The highest BCUT2D eigenvalue weighted by Gasteiger charge is 2.08. The van der Waals surface area contributed by atoms with Gasteiger partial charge in [0.25, 0.3) is 0 Å². The molecule has 0 unspecified atom stereocenters. The monoisotopic (exact) mass is 188 g/mol. The van der Waals surface area contributed by atoms with Crippen LogP contribution in [0.5, 0.6) is 0 Å². The van der Waals surface area contributed by atoms with Crippen molar-refractivity contribution in [1.29, 1.82) is 0 Å². The maximum absolute atomic E-state index is 11.0. The predicted octanol–water partition coefficient (Wildman–Crippen LogP) is 0.872. The number of halogens is 1. The number of rotatable bonds is 3. The van der Waals surface area contributed by atoms with Crippen molar-refractivity contribution in [2.45, 2.75) is 6.54 Å². The lowest BCUT2D eigenvalue weighted by molar-refractivity contribution is -0.127. The minimum Gasteiger partial charge on any atom is -0.364 e. The molecule has 0 spiro atoms. The van der Waals surface area contributed by atoms with Gasteiger partial charge in [0.05, 0.1) is 6.54 Å². The molecule has 0 aliphatic heterocycles. The number of alkyl halides is 1. The number of carbonyl (C=O) groups excluding carboxylic acids is 1. The zero-order valence-electron chi connectivity index (χ0n) is 6.66. The third kappa shape index (κ3) is 2.23. The Bertz CT molecular complexity index is 248. The minimum absolute atomic E-state index is 0.00560. The molecule has 0 bridgehead atoms. The summed E-state index contributed by atoms with van der Waals surface area (Å²) in [6.45, 7) is 0.433. The average molecular weight is 189 g/mol. The average Bonchev–Trinajstić information content (AvgIpc) is 2.55. The molecule has 12 heavy (non-hydrogen) atoms. The van der Waals surface area contributed by atoms with Crippen LogP contribution < -0.4 is 0 Å². The van der Waals surface area contributed by atoms with E-state index < -0.39 is 0 Å². The molecule has 1 rings (SSSR count). The highest BCUT2D eigenvalue weighted by Crippen LogP contribution is 1.99. The second-order valence-corrected chi connectivity index (χ2v) is 2.64. The number of amides is 1. The van der Waals surface area contributed by atoms with Crippen LogP contribution in [-0.4, -0.2) is 28.9 Å². The fourth-order valence-corrected chi connectivity index (χ4v) is 0.956. The minimum atomic E-state index is -0.125. The van der Waals surface area contributed by atoms with E-state index in [0.717, 1.165) is 5.69 Å². The van der Waals surface area contributed by atoms with Gasteiger partial charge in [0.15, 0.2) is 0 Å². The molecule has 1 aromatic heterocycles. The first-order chi connectivity index (χ1) is 5.74. The standard InChI is InChI=1S/C7H9ClN2O2/c1-10(7(11)4-8)5-6-2-3-12-9-6/h2-3H,4-5H2,1H3. The van der Waals surface area contributed by atoms with Crippen LogP contribution >= 0.6 is 11.6 Å². The lowest BCUT2D eigenvalue weighted by Crippen LogP contribution is -2.27. The van der Waals surface area contributed by atoms with E-state index >= 15 is 0 Å². The summed E-state index contributed by atoms with van der Waals surface area (Å²) in [5.74, 6) is -0.131. The fourth-order valence-electron chi connectivity index (χ4n) is 0.752. The van der Waals surface area contributed by atoms with E-state index in [-0.39, 0.29) is 11.8 Å². The van der Waals surface area contributed by atoms with Crippen molar-refractivity contribution in [3.8, 4) is 0 Å². The van der Waals surface area contributed by atoms with E-state index in [1.54, 1.807) is 13.1 Å². The van der Waals surface area contributed by atoms with Gasteiger partial charge in [0.2, 0.25) is 5.91 Å². The van der Waals surface area contributed by atoms with Crippen LogP contribution in [0.2, 0.25) is 0 Å². The Balaban J connectivity index is 2.47. The first kappa shape index (κ1) is 9.06. The summed E-state index contributed by atoms with van der Waals surface area (Å²) in [7, 11) is 1.67. The second kappa shape index (κ2) is 4.11. The Morgan fingerprint density at radius 3 is 3.08 bits per heavy atom. The SMILES string of the molecule is CN(Cc1ccon1)C(=O)CCl. The third-order valence-corrected chi connectivity index (χ3v) is 1.66. The first-order valence-electron chi connectivity index (χ1n) is 3.43. The van der Waals surface area contributed by atoms with Crippen molar-refractivity contribution in [1.82, 2.24) is 10.1 Å². The van der Waals surface area contributed by atoms with Crippen molar-refractivity contribution < 1.29 is 9.32 Å². The highest BCUT2D eigenvalue weighted by atomic mass is 35.5. The van der Waals surface area contributed by atoms with Crippen molar-refractivity contribution in [2.24, 2.45) is 0 Å². The van der Waals surface area contributed by atoms with Gasteiger partial charge in [0, 0.05) is 13.1 Å². The molecule has 0 saturated carbocycles. The van der Waals surface area contributed by atoms with Crippen LogP contribution in [0.25, 0.3) is 0 Å². The maximum atomic E-state index is 11.0. The molecular weight excluding hydrogens is 180 g/mol. The van der Waals surface area contributed by atoms with E-state index in [2.05, 4.69) is 9.68 Å². The molecule has 0 atom stereocenters. The zero-order valence-corrected chi connectivity index (χ0v) is 7.41. The molecule has 1 heterocycles. The van der Waals surface area contributed by atoms with E-state index in [1.165, 1.54) is 11.2 Å². The van der Waals surface area contributed by atoms with Crippen molar-refractivity contribution >= 4 is 17.5 Å². The van der Waals surface area contributed by atoms with Crippen molar-refractivity contribution in [2.75, 3.05) is 12.9 Å². The molecule has 0 fully saturated rings. The molecule has 0 aromatic carbocycles. The summed E-state index contributed by atoms with van der Waals surface area (Å²) in [5, 5.41) is 3.66. The topological polar surface area (TPSA) is 46.3 Å². The first-order valence-corrected chi connectivity index (χ1v) is 3.96. The predicted molar refractivity (Wildman–Crippen MR) is 43.7 cm³/mol. The molecule has 4 nitrogen and oxygen atoms in total. The zero-order chi connectivity index (χ0) is 8.97. The summed E-state index contributed by atoms with van der Waals surface area (Å²) >= 11 is 5.35. The number of carbonyl (C=O) groups is 1. The van der Waals surface area contributed by atoms with Gasteiger partial charge in [-0.05, 0) is 0 Å². The molecule has 0 aliphatic carbocycles. The number of aromatic nitrogens is 1. The lowest BCUT2D eigenvalue weighted by atomic mass is 10.4. The number of hydrogen-bond donors (Lipinski definition) is 0. The summed E-state index contributed by atoms with van der Waals surface area (Å²) in [6.07, 6.45) is 1.47. The van der Waals surface area contributed by atoms with Gasteiger partial charge in [-0.15, -0.1) is 11.6 Å². The van der Waals surface area contributed by atoms with E-state index in [9.17, 15) is 4.79 Å². The second-order valence-electron chi connectivity index (χ2n) is 2.37. The van der Waals surface area contributed by atoms with Gasteiger partial charge in [0.1, 0.15) is 17.8 Å². The smallest absolute Gasteiger partial charge is 0.237 e. The van der Waals surface area contributed by atoms with E-state index in [0.29, 0.717) is 6.54 Å². The Labute approximate surface area is 75.1 Å². The molecule has 66 valence electrons. The van der Waals surface area contributed by atoms with Crippen LogP contribution in [0, 0.1) is 0 Å². The molecule has 0 radical (unpaired) electrons. The Hall–Kier alpha value is -1.03. The summed E-state index contributed by atoms with van der Waals surface area (Å²) in [5.41, 5.74) is 0.718. The normalized spacial score (nSPS) is 9.83. The molecule has 0 aliphatic rings. The van der Waals surface area contributed by atoms with Crippen molar-refractivity contribution in [3.63, 3.8) is 0 Å². The summed E-state index contributed by atoms with van der Waals surface area (Å²) in [4.78, 5) is 12.5. The fraction of sp³-hybridized carbons (Fsp3) is 0.429. The van der Waals surface area contributed by atoms with Gasteiger partial charge >= 0.3 is 0 Å². The largest absolute Gasteiger partial charge is 0.364 e. The number of nitrogens with zero attached hydrogens (tertiary/aromatic N) is 2. The van der Waals surface area contributed by atoms with Gasteiger partial charge < -0.3 is 9.42 Å².